The van der Waals surface area contributed by atoms with Crippen LogP contribution in [0.5, 0.6) is 0 Å². The molecule has 1 aliphatic carbocycles. The van der Waals surface area contributed by atoms with E-state index in [1.54, 1.807) is 0 Å². The van der Waals surface area contributed by atoms with Crippen LogP contribution in [0, 0.1) is 17.3 Å². The Morgan fingerprint density at radius 2 is 1.79 bits per heavy atom. The van der Waals surface area contributed by atoms with E-state index < -0.39 is 0 Å². The first kappa shape index (κ1) is 13.1. The molecule has 5 atom stereocenters. The van der Waals surface area contributed by atoms with Crippen LogP contribution in [0.15, 0.2) is 18.3 Å². The number of aromatic nitrogens is 1. The molecule has 0 amide bonds. The average molecular weight is 260 g/mol. The predicted octanol–water partition coefficient (Wildman–Crippen LogP) is 4.06. The molecular weight excluding hydrogens is 232 g/mol. The molecule has 0 spiro atoms. The lowest BCUT2D eigenvalue weighted by molar-refractivity contribution is -0.0532. The average Bonchev–Trinajstić information content (AvgIpc) is 2.77. The summed E-state index contributed by atoms with van der Waals surface area (Å²) in [4.78, 5) is 2.72. The standard InChI is InChI=1S/C17H28N2/c1-12-13(2)17(5)10-9-16(12,4)14(3)19(17)15-8-7-11-18(15)6/h7-8,11-14H,9-10H2,1-6H3. The van der Waals surface area contributed by atoms with E-state index in [1.165, 1.54) is 18.7 Å². The summed E-state index contributed by atoms with van der Waals surface area (Å²) in [5, 5.41) is 0. The summed E-state index contributed by atoms with van der Waals surface area (Å²) < 4.78 is 2.28. The fourth-order valence-electron chi connectivity index (χ4n) is 4.92. The van der Waals surface area contributed by atoms with Crippen LogP contribution in [0.4, 0.5) is 5.82 Å². The molecule has 0 radical (unpaired) electrons. The van der Waals surface area contributed by atoms with E-state index in [9.17, 15) is 0 Å². The van der Waals surface area contributed by atoms with E-state index in [0.29, 0.717) is 17.0 Å². The summed E-state index contributed by atoms with van der Waals surface area (Å²) in [5.74, 6) is 2.94. The number of fused-ring (bicyclic) bond motifs is 3. The Balaban J connectivity index is 2.13. The lowest BCUT2D eigenvalue weighted by atomic mass is 9.50. The zero-order valence-corrected chi connectivity index (χ0v) is 13.3. The minimum atomic E-state index is 0.308. The summed E-state index contributed by atoms with van der Waals surface area (Å²) in [5.41, 5.74) is 0.754. The Hall–Kier alpha value is -0.920. The van der Waals surface area contributed by atoms with Crippen molar-refractivity contribution in [1.82, 2.24) is 4.57 Å². The van der Waals surface area contributed by atoms with Crippen molar-refractivity contribution in [3.63, 3.8) is 0 Å². The van der Waals surface area contributed by atoms with Crippen molar-refractivity contribution in [2.75, 3.05) is 4.90 Å². The van der Waals surface area contributed by atoms with Gasteiger partial charge in [-0.3, -0.25) is 0 Å². The molecule has 3 fully saturated rings. The summed E-state index contributed by atoms with van der Waals surface area (Å²) in [6.45, 7) is 12.4. The maximum Gasteiger partial charge on any atom is 0.108 e. The van der Waals surface area contributed by atoms with Gasteiger partial charge in [0.15, 0.2) is 0 Å². The van der Waals surface area contributed by atoms with Crippen LogP contribution in [-0.4, -0.2) is 16.1 Å². The molecule has 5 unspecified atom stereocenters. The second-order valence-electron chi connectivity index (χ2n) is 7.46. The molecule has 0 aromatic carbocycles. The Morgan fingerprint density at radius 1 is 1.11 bits per heavy atom. The number of hydrogen-bond donors (Lipinski definition) is 0. The molecule has 3 aliphatic rings. The number of rotatable bonds is 1. The maximum atomic E-state index is 2.72. The van der Waals surface area contributed by atoms with Gasteiger partial charge in [0.2, 0.25) is 0 Å². The van der Waals surface area contributed by atoms with E-state index in [0.717, 1.165) is 11.8 Å². The third-order valence-corrected chi connectivity index (χ3v) is 7.00. The number of nitrogens with zero attached hydrogens (tertiary/aromatic N) is 2. The Labute approximate surface area is 117 Å². The van der Waals surface area contributed by atoms with Gasteiger partial charge in [0.25, 0.3) is 0 Å². The van der Waals surface area contributed by atoms with E-state index in [4.69, 9.17) is 0 Å². The topological polar surface area (TPSA) is 8.17 Å². The zero-order valence-electron chi connectivity index (χ0n) is 13.3. The zero-order chi connectivity index (χ0) is 14.0. The van der Waals surface area contributed by atoms with E-state index in [2.05, 4.69) is 69.5 Å². The van der Waals surface area contributed by atoms with Gasteiger partial charge in [-0.05, 0) is 56.1 Å². The van der Waals surface area contributed by atoms with Crippen molar-refractivity contribution in [1.29, 1.82) is 0 Å². The Bertz CT molecular complexity index is 491. The molecule has 1 aromatic heterocycles. The second kappa shape index (κ2) is 3.80. The number of piperidine rings is 2. The summed E-state index contributed by atoms with van der Waals surface area (Å²) in [7, 11) is 2.17. The highest BCUT2D eigenvalue weighted by Crippen LogP contribution is 2.60. The van der Waals surface area contributed by atoms with Crippen LogP contribution in [0.3, 0.4) is 0 Å². The van der Waals surface area contributed by atoms with Gasteiger partial charge in [-0.15, -0.1) is 0 Å². The molecule has 0 N–H and O–H groups in total. The van der Waals surface area contributed by atoms with Gasteiger partial charge in [0.05, 0.1) is 0 Å². The molecule has 1 aromatic rings. The van der Waals surface area contributed by atoms with Gasteiger partial charge in [0.1, 0.15) is 5.82 Å². The molecule has 2 heteroatoms. The van der Waals surface area contributed by atoms with Crippen LogP contribution in [-0.2, 0) is 7.05 Å². The molecule has 3 heterocycles. The van der Waals surface area contributed by atoms with Crippen LogP contribution in [0.2, 0.25) is 0 Å². The van der Waals surface area contributed by atoms with E-state index in [1.807, 2.05) is 0 Å². The van der Waals surface area contributed by atoms with Crippen LogP contribution < -0.4 is 4.90 Å². The number of aryl methyl sites for hydroxylation is 1. The number of hydrogen-bond acceptors (Lipinski definition) is 1. The van der Waals surface area contributed by atoms with Crippen molar-refractivity contribution in [3.05, 3.63) is 18.3 Å². The highest BCUT2D eigenvalue weighted by Gasteiger charge is 2.60. The summed E-state index contributed by atoms with van der Waals surface area (Å²) in [6, 6.07) is 5.07. The Kier molecular flexibility index (Phi) is 2.62. The lowest BCUT2D eigenvalue weighted by Crippen LogP contribution is -2.72. The first-order valence-electron chi connectivity index (χ1n) is 7.73. The van der Waals surface area contributed by atoms with Crippen molar-refractivity contribution in [2.45, 2.75) is 59.0 Å². The first-order chi connectivity index (χ1) is 8.82. The molecule has 2 nitrogen and oxygen atoms in total. The largest absolute Gasteiger partial charge is 0.349 e. The van der Waals surface area contributed by atoms with Gasteiger partial charge in [-0.25, -0.2) is 0 Å². The van der Waals surface area contributed by atoms with Crippen LogP contribution in [0.25, 0.3) is 0 Å². The Morgan fingerprint density at radius 3 is 2.37 bits per heavy atom. The normalized spacial score (nSPS) is 45.8. The second-order valence-corrected chi connectivity index (χ2v) is 7.46. The predicted molar refractivity (Wildman–Crippen MR) is 81.4 cm³/mol. The quantitative estimate of drug-likeness (QED) is 0.739. The number of anilines is 1. The van der Waals surface area contributed by atoms with E-state index in [-0.39, 0.29) is 0 Å². The smallest absolute Gasteiger partial charge is 0.108 e. The third kappa shape index (κ3) is 1.43. The van der Waals surface area contributed by atoms with Gasteiger partial charge >= 0.3 is 0 Å². The van der Waals surface area contributed by atoms with Crippen LogP contribution in [0.1, 0.15) is 47.5 Å². The van der Waals surface area contributed by atoms with Gasteiger partial charge in [-0.1, -0.05) is 20.8 Å². The van der Waals surface area contributed by atoms with Crippen molar-refractivity contribution < 1.29 is 0 Å². The molecule has 2 bridgehead atoms. The first-order valence-corrected chi connectivity index (χ1v) is 7.73. The van der Waals surface area contributed by atoms with Gasteiger partial charge in [0, 0.05) is 24.8 Å². The van der Waals surface area contributed by atoms with Gasteiger partial charge < -0.3 is 9.47 Å². The van der Waals surface area contributed by atoms with Crippen LogP contribution >= 0.6 is 0 Å². The fourth-order valence-corrected chi connectivity index (χ4v) is 4.92. The lowest BCUT2D eigenvalue weighted by Gasteiger charge is -2.68. The molecule has 19 heavy (non-hydrogen) atoms. The van der Waals surface area contributed by atoms with Crippen molar-refractivity contribution in [3.8, 4) is 0 Å². The monoisotopic (exact) mass is 260 g/mol. The summed E-state index contributed by atoms with van der Waals surface area (Å²) >= 11 is 0. The minimum absolute atomic E-state index is 0.308. The summed E-state index contributed by atoms with van der Waals surface area (Å²) in [6.07, 6.45) is 4.87. The van der Waals surface area contributed by atoms with Crippen molar-refractivity contribution in [2.24, 2.45) is 24.3 Å². The third-order valence-electron chi connectivity index (χ3n) is 7.00. The highest BCUT2D eigenvalue weighted by molar-refractivity contribution is 5.49. The molecule has 2 aliphatic heterocycles. The van der Waals surface area contributed by atoms with Crippen molar-refractivity contribution >= 4 is 5.82 Å². The molecule has 106 valence electrons. The molecular formula is C17H28N2. The molecule has 4 rings (SSSR count). The van der Waals surface area contributed by atoms with Gasteiger partial charge in [-0.2, -0.15) is 0 Å². The molecule has 1 saturated carbocycles. The minimum Gasteiger partial charge on any atom is -0.349 e. The SMILES string of the molecule is CC1C(C)C2(C)CCC1(C)C(C)N2c1cccn1C. The fraction of sp³-hybridized carbons (Fsp3) is 0.765. The molecule has 2 saturated heterocycles. The highest BCUT2D eigenvalue weighted by atomic mass is 15.3. The van der Waals surface area contributed by atoms with E-state index >= 15 is 0 Å². The maximum absolute atomic E-state index is 2.72.